The maximum Gasteiger partial charge on any atom is 0.236 e. The molecule has 0 unspecified atom stereocenters. The van der Waals surface area contributed by atoms with Crippen molar-refractivity contribution >= 4 is 33.0 Å². The molecule has 2 aromatic rings. The highest BCUT2D eigenvalue weighted by atomic mass is 32.2. The van der Waals surface area contributed by atoms with Crippen LogP contribution in [-0.2, 0) is 21.2 Å². The van der Waals surface area contributed by atoms with Gasteiger partial charge < -0.3 is 5.32 Å². The van der Waals surface area contributed by atoms with E-state index in [0.29, 0.717) is 12.1 Å². The van der Waals surface area contributed by atoms with Gasteiger partial charge in [-0.05, 0) is 42.8 Å². The number of amides is 1. The lowest BCUT2D eigenvalue weighted by Gasteiger charge is -2.19. The Morgan fingerprint density at radius 2 is 1.88 bits per heavy atom. The first-order valence-corrected chi connectivity index (χ1v) is 10.8. The number of para-hydroxylation sites is 1. The van der Waals surface area contributed by atoms with Crippen molar-refractivity contribution in [3.63, 3.8) is 0 Å². The quantitative estimate of drug-likeness (QED) is 0.644. The lowest BCUT2D eigenvalue weighted by atomic mass is 10.1. The molecule has 0 saturated carbocycles. The van der Waals surface area contributed by atoms with E-state index in [2.05, 4.69) is 16.8 Å². The monoisotopic (exact) mass is 380 g/mol. The van der Waals surface area contributed by atoms with Gasteiger partial charge in [0.25, 0.3) is 0 Å². The van der Waals surface area contributed by atoms with Crippen molar-refractivity contribution in [2.75, 3.05) is 23.7 Å². The van der Waals surface area contributed by atoms with Gasteiger partial charge in [0, 0.05) is 24.9 Å². The van der Waals surface area contributed by atoms with Crippen LogP contribution in [-0.4, -0.2) is 33.7 Å². The van der Waals surface area contributed by atoms with E-state index in [1.165, 1.54) is 16.2 Å². The SMILES string of the molecule is CN(c1ccccc1)S(=O)(=O)CCNC(=O)CCCCc1cccs1. The summed E-state index contributed by atoms with van der Waals surface area (Å²) in [5, 5.41) is 4.75. The van der Waals surface area contributed by atoms with Crippen LogP contribution in [0.3, 0.4) is 0 Å². The second-order valence-corrected chi connectivity index (χ2v) is 8.91. The molecule has 0 aliphatic rings. The molecular weight excluding hydrogens is 356 g/mol. The fourth-order valence-corrected chi connectivity index (χ4v) is 4.21. The third-order valence-electron chi connectivity index (χ3n) is 3.88. The molecule has 1 aromatic heterocycles. The zero-order chi connectivity index (χ0) is 18.1. The van der Waals surface area contributed by atoms with Crippen LogP contribution in [0, 0.1) is 0 Å². The Morgan fingerprint density at radius 1 is 1.12 bits per heavy atom. The number of aryl methyl sites for hydroxylation is 1. The average Bonchev–Trinajstić information content (AvgIpc) is 3.12. The number of carbonyl (C=O) groups excluding carboxylic acids is 1. The smallest absolute Gasteiger partial charge is 0.236 e. The Balaban J connectivity index is 1.66. The molecule has 1 heterocycles. The molecule has 0 aliphatic carbocycles. The van der Waals surface area contributed by atoms with Crippen molar-refractivity contribution in [3.05, 3.63) is 52.7 Å². The van der Waals surface area contributed by atoms with Crippen LogP contribution in [0.1, 0.15) is 24.1 Å². The molecule has 25 heavy (non-hydrogen) atoms. The van der Waals surface area contributed by atoms with E-state index >= 15 is 0 Å². The Kier molecular flexibility index (Phi) is 7.46. The van der Waals surface area contributed by atoms with E-state index in [9.17, 15) is 13.2 Å². The fraction of sp³-hybridized carbons (Fsp3) is 0.389. The molecule has 0 radical (unpaired) electrons. The zero-order valence-electron chi connectivity index (χ0n) is 14.3. The van der Waals surface area contributed by atoms with Crippen molar-refractivity contribution in [2.45, 2.75) is 25.7 Å². The first kappa shape index (κ1) is 19.5. The van der Waals surface area contributed by atoms with Crippen molar-refractivity contribution in [3.8, 4) is 0 Å². The third-order valence-corrected chi connectivity index (χ3v) is 6.58. The number of unbranched alkanes of at least 4 members (excludes halogenated alkanes) is 1. The molecule has 2 rings (SSSR count). The van der Waals surface area contributed by atoms with Gasteiger partial charge in [-0.1, -0.05) is 24.3 Å². The number of rotatable bonds is 10. The second kappa shape index (κ2) is 9.58. The Bertz CT molecular complexity index is 744. The lowest BCUT2D eigenvalue weighted by Crippen LogP contribution is -2.35. The first-order valence-electron chi connectivity index (χ1n) is 8.30. The summed E-state index contributed by atoms with van der Waals surface area (Å²) in [4.78, 5) is 13.1. The molecule has 1 N–H and O–H groups in total. The van der Waals surface area contributed by atoms with E-state index in [0.717, 1.165) is 19.3 Å². The summed E-state index contributed by atoms with van der Waals surface area (Å²) in [7, 11) is -1.92. The van der Waals surface area contributed by atoms with E-state index < -0.39 is 10.0 Å². The van der Waals surface area contributed by atoms with Crippen LogP contribution in [0.2, 0.25) is 0 Å². The van der Waals surface area contributed by atoms with Crippen molar-refractivity contribution in [1.82, 2.24) is 5.32 Å². The number of anilines is 1. The highest BCUT2D eigenvalue weighted by Gasteiger charge is 2.18. The predicted molar refractivity (Wildman–Crippen MR) is 104 cm³/mol. The third kappa shape index (κ3) is 6.51. The molecule has 136 valence electrons. The van der Waals surface area contributed by atoms with Crippen molar-refractivity contribution in [2.24, 2.45) is 0 Å². The molecule has 7 heteroatoms. The molecule has 0 bridgehead atoms. The molecule has 0 saturated heterocycles. The van der Waals surface area contributed by atoms with Gasteiger partial charge in [-0.2, -0.15) is 0 Å². The van der Waals surface area contributed by atoms with Gasteiger partial charge in [0.15, 0.2) is 0 Å². The van der Waals surface area contributed by atoms with Gasteiger partial charge in [-0.3, -0.25) is 9.10 Å². The summed E-state index contributed by atoms with van der Waals surface area (Å²) in [6.07, 6.45) is 3.19. The number of carbonyl (C=O) groups is 1. The number of sulfonamides is 1. The van der Waals surface area contributed by atoms with E-state index in [4.69, 9.17) is 0 Å². The van der Waals surface area contributed by atoms with Gasteiger partial charge in [-0.15, -0.1) is 11.3 Å². The van der Waals surface area contributed by atoms with Crippen molar-refractivity contribution < 1.29 is 13.2 Å². The minimum absolute atomic E-state index is 0.0938. The zero-order valence-corrected chi connectivity index (χ0v) is 16.0. The molecule has 1 amide bonds. The fourth-order valence-electron chi connectivity index (χ4n) is 2.38. The number of nitrogens with zero attached hydrogens (tertiary/aromatic N) is 1. The Morgan fingerprint density at radius 3 is 2.56 bits per heavy atom. The second-order valence-electron chi connectivity index (χ2n) is 5.76. The number of hydrogen-bond acceptors (Lipinski definition) is 4. The molecule has 0 fully saturated rings. The van der Waals surface area contributed by atoms with Gasteiger partial charge in [-0.25, -0.2) is 8.42 Å². The summed E-state index contributed by atoms with van der Waals surface area (Å²) >= 11 is 1.73. The molecule has 1 aromatic carbocycles. The van der Waals surface area contributed by atoms with Gasteiger partial charge >= 0.3 is 0 Å². The summed E-state index contributed by atoms with van der Waals surface area (Å²) in [6.45, 7) is 0.128. The maximum absolute atomic E-state index is 12.3. The minimum Gasteiger partial charge on any atom is -0.355 e. The van der Waals surface area contributed by atoms with Gasteiger partial charge in [0.2, 0.25) is 15.9 Å². The van der Waals surface area contributed by atoms with Crippen LogP contribution >= 0.6 is 11.3 Å². The predicted octanol–water partition coefficient (Wildman–Crippen LogP) is 3.04. The van der Waals surface area contributed by atoms with Crippen LogP contribution in [0.4, 0.5) is 5.69 Å². The Hall–Kier alpha value is -1.86. The normalized spacial score (nSPS) is 11.2. The van der Waals surface area contributed by atoms with E-state index in [1.54, 1.807) is 35.6 Å². The summed E-state index contributed by atoms with van der Waals surface area (Å²) < 4.78 is 25.8. The number of nitrogens with one attached hydrogen (secondary N) is 1. The highest BCUT2D eigenvalue weighted by Crippen LogP contribution is 2.15. The molecular formula is C18H24N2O3S2. The summed E-state index contributed by atoms with van der Waals surface area (Å²) in [5.41, 5.74) is 0.613. The van der Waals surface area contributed by atoms with Gasteiger partial charge in [0.1, 0.15) is 0 Å². The summed E-state index contributed by atoms with van der Waals surface area (Å²) in [6, 6.07) is 13.0. The maximum atomic E-state index is 12.3. The van der Waals surface area contributed by atoms with Crippen LogP contribution in [0.5, 0.6) is 0 Å². The molecule has 5 nitrogen and oxygen atoms in total. The summed E-state index contributed by atoms with van der Waals surface area (Å²) in [5.74, 6) is -0.206. The number of thiophene rings is 1. The van der Waals surface area contributed by atoms with Crippen LogP contribution in [0.25, 0.3) is 0 Å². The first-order chi connectivity index (χ1) is 12.0. The van der Waals surface area contributed by atoms with Crippen molar-refractivity contribution in [1.29, 1.82) is 0 Å². The van der Waals surface area contributed by atoms with Crippen LogP contribution in [0.15, 0.2) is 47.8 Å². The molecule has 0 spiro atoms. The van der Waals surface area contributed by atoms with E-state index in [1.807, 2.05) is 12.1 Å². The molecule has 0 aliphatic heterocycles. The Labute approximate surface area is 153 Å². The average molecular weight is 381 g/mol. The van der Waals surface area contributed by atoms with Gasteiger partial charge in [0.05, 0.1) is 11.4 Å². The number of benzene rings is 1. The number of hydrogen-bond donors (Lipinski definition) is 1. The molecule has 0 atom stereocenters. The minimum atomic E-state index is -3.44. The lowest BCUT2D eigenvalue weighted by molar-refractivity contribution is -0.121. The standard InChI is InChI=1S/C18H24N2O3S2/c1-20(16-8-3-2-4-9-16)25(22,23)15-13-19-18(21)12-6-5-10-17-11-7-14-24-17/h2-4,7-9,11,14H,5-6,10,12-13,15H2,1H3,(H,19,21). The topological polar surface area (TPSA) is 66.5 Å². The van der Waals surface area contributed by atoms with E-state index in [-0.39, 0.29) is 18.2 Å². The highest BCUT2D eigenvalue weighted by molar-refractivity contribution is 7.92. The van der Waals surface area contributed by atoms with Crippen LogP contribution < -0.4 is 9.62 Å². The largest absolute Gasteiger partial charge is 0.355 e.